The fourth-order valence-electron chi connectivity index (χ4n) is 1.11. The average Bonchev–Trinajstić information content (AvgIpc) is 2.16. The summed E-state index contributed by atoms with van der Waals surface area (Å²) in [7, 11) is 1.81. The van der Waals surface area contributed by atoms with Crippen LogP contribution < -0.4 is 16.4 Å². The van der Waals surface area contributed by atoms with Gasteiger partial charge in [0.15, 0.2) is 0 Å². The monoisotopic (exact) mass is 179 g/mol. The third-order valence-electron chi connectivity index (χ3n) is 1.85. The van der Waals surface area contributed by atoms with Crippen LogP contribution in [0.2, 0.25) is 0 Å². The molecule has 0 saturated carbocycles. The SMILES string of the molecule is CN(CN)c1ccccc1C(N)=O. The highest BCUT2D eigenvalue weighted by molar-refractivity contribution is 5.98. The van der Waals surface area contributed by atoms with Crippen LogP contribution in [-0.2, 0) is 0 Å². The molecule has 1 amide bonds. The van der Waals surface area contributed by atoms with Crippen LogP contribution in [0.5, 0.6) is 0 Å². The lowest BCUT2D eigenvalue weighted by Gasteiger charge is -2.18. The first-order valence-corrected chi connectivity index (χ1v) is 3.97. The van der Waals surface area contributed by atoms with Crippen molar-refractivity contribution in [3.8, 4) is 0 Å². The number of amides is 1. The number of nitrogens with two attached hydrogens (primary N) is 2. The number of benzene rings is 1. The molecule has 0 unspecified atom stereocenters. The van der Waals surface area contributed by atoms with Crippen molar-refractivity contribution in [3.63, 3.8) is 0 Å². The number of hydrogen-bond donors (Lipinski definition) is 2. The Morgan fingerprint density at radius 2 is 2.08 bits per heavy atom. The van der Waals surface area contributed by atoms with Gasteiger partial charge in [0, 0.05) is 7.05 Å². The maximum atomic E-state index is 11.0. The van der Waals surface area contributed by atoms with Gasteiger partial charge in [-0.05, 0) is 12.1 Å². The summed E-state index contributed by atoms with van der Waals surface area (Å²) >= 11 is 0. The fraction of sp³-hybridized carbons (Fsp3) is 0.222. The smallest absolute Gasteiger partial charge is 0.250 e. The minimum absolute atomic E-state index is 0.351. The summed E-state index contributed by atoms with van der Waals surface area (Å²) in [5.74, 6) is -0.434. The van der Waals surface area contributed by atoms with Gasteiger partial charge < -0.3 is 16.4 Å². The van der Waals surface area contributed by atoms with E-state index in [-0.39, 0.29) is 0 Å². The fourth-order valence-corrected chi connectivity index (χ4v) is 1.11. The topological polar surface area (TPSA) is 72.3 Å². The van der Waals surface area contributed by atoms with E-state index >= 15 is 0 Å². The zero-order valence-corrected chi connectivity index (χ0v) is 7.53. The van der Waals surface area contributed by atoms with E-state index in [2.05, 4.69) is 0 Å². The molecule has 1 rings (SSSR count). The molecule has 0 spiro atoms. The first kappa shape index (κ1) is 9.54. The van der Waals surface area contributed by atoms with Gasteiger partial charge in [-0.25, -0.2) is 0 Å². The van der Waals surface area contributed by atoms with E-state index < -0.39 is 5.91 Å². The Bertz CT molecular complexity index is 311. The van der Waals surface area contributed by atoms with Gasteiger partial charge in [-0.1, -0.05) is 12.1 Å². The minimum Gasteiger partial charge on any atom is -0.366 e. The molecule has 0 fully saturated rings. The molecule has 0 saturated heterocycles. The Balaban J connectivity index is 3.11. The second kappa shape index (κ2) is 3.91. The minimum atomic E-state index is -0.434. The Morgan fingerprint density at radius 3 is 2.62 bits per heavy atom. The Morgan fingerprint density at radius 1 is 1.46 bits per heavy atom. The molecule has 4 N–H and O–H groups in total. The van der Waals surface area contributed by atoms with Crippen molar-refractivity contribution in [2.24, 2.45) is 11.5 Å². The predicted octanol–water partition coefficient (Wildman–Crippen LogP) is 0.138. The molecule has 1 aromatic rings. The summed E-state index contributed by atoms with van der Waals surface area (Å²) in [6.07, 6.45) is 0. The number of para-hydroxylation sites is 1. The quantitative estimate of drug-likeness (QED) is 0.648. The highest BCUT2D eigenvalue weighted by atomic mass is 16.1. The standard InChI is InChI=1S/C9H13N3O/c1-12(6-10)8-5-3-2-4-7(8)9(11)13/h2-5H,6,10H2,1H3,(H2,11,13). The van der Waals surface area contributed by atoms with Gasteiger partial charge in [0.1, 0.15) is 0 Å². The molecule has 0 aliphatic carbocycles. The molecular weight excluding hydrogens is 166 g/mol. The number of primary amides is 1. The van der Waals surface area contributed by atoms with E-state index in [1.165, 1.54) is 0 Å². The molecular formula is C9H13N3O. The zero-order valence-electron chi connectivity index (χ0n) is 7.53. The predicted molar refractivity (Wildman–Crippen MR) is 52.4 cm³/mol. The second-order valence-corrected chi connectivity index (χ2v) is 2.76. The highest BCUT2D eigenvalue weighted by Gasteiger charge is 2.08. The summed E-state index contributed by atoms with van der Waals surface area (Å²) in [6.45, 7) is 0.351. The Kier molecular flexibility index (Phi) is 2.87. The number of hydrogen-bond acceptors (Lipinski definition) is 3. The molecule has 4 heteroatoms. The third kappa shape index (κ3) is 1.97. The first-order chi connectivity index (χ1) is 6.16. The molecule has 0 aliphatic heterocycles. The van der Waals surface area contributed by atoms with Gasteiger partial charge in [0.25, 0.3) is 5.91 Å². The molecule has 0 aliphatic rings. The van der Waals surface area contributed by atoms with Crippen LogP contribution in [0, 0.1) is 0 Å². The molecule has 0 radical (unpaired) electrons. The summed E-state index contributed by atoms with van der Waals surface area (Å²) in [6, 6.07) is 7.11. The van der Waals surface area contributed by atoms with Crippen LogP contribution in [-0.4, -0.2) is 19.6 Å². The second-order valence-electron chi connectivity index (χ2n) is 2.76. The summed E-state index contributed by atoms with van der Waals surface area (Å²) in [4.78, 5) is 12.8. The lowest BCUT2D eigenvalue weighted by Crippen LogP contribution is -2.27. The number of rotatable bonds is 3. The normalized spacial score (nSPS) is 9.69. The molecule has 0 bridgehead atoms. The van der Waals surface area contributed by atoms with E-state index in [1.807, 2.05) is 19.2 Å². The van der Waals surface area contributed by atoms with Gasteiger partial charge in [-0.3, -0.25) is 4.79 Å². The van der Waals surface area contributed by atoms with Gasteiger partial charge in [-0.2, -0.15) is 0 Å². The van der Waals surface area contributed by atoms with Gasteiger partial charge in [-0.15, -0.1) is 0 Å². The van der Waals surface area contributed by atoms with Crippen molar-refractivity contribution in [3.05, 3.63) is 29.8 Å². The summed E-state index contributed by atoms with van der Waals surface area (Å²) < 4.78 is 0. The van der Waals surface area contributed by atoms with E-state index in [4.69, 9.17) is 11.5 Å². The van der Waals surface area contributed by atoms with Crippen molar-refractivity contribution < 1.29 is 4.79 Å². The van der Waals surface area contributed by atoms with Crippen molar-refractivity contribution in [2.75, 3.05) is 18.6 Å². The largest absolute Gasteiger partial charge is 0.366 e. The maximum Gasteiger partial charge on any atom is 0.250 e. The molecule has 0 aromatic heterocycles. The van der Waals surface area contributed by atoms with Gasteiger partial charge in [0.2, 0.25) is 0 Å². The number of anilines is 1. The van der Waals surface area contributed by atoms with Gasteiger partial charge in [0.05, 0.1) is 17.9 Å². The molecule has 0 heterocycles. The van der Waals surface area contributed by atoms with E-state index in [9.17, 15) is 4.79 Å². The third-order valence-corrected chi connectivity index (χ3v) is 1.85. The summed E-state index contributed by atoms with van der Waals surface area (Å²) in [5, 5.41) is 0. The Labute approximate surface area is 77.1 Å². The van der Waals surface area contributed by atoms with E-state index in [0.29, 0.717) is 12.2 Å². The number of nitrogens with zero attached hydrogens (tertiary/aromatic N) is 1. The zero-order chi connectivity index (χ0) is 9.84. The van der Waals surface area contributed by atoms with Crippen molar-refractivity contribution >= 4 is 11.6 Å². The van der Waals surface area contributed by atoms with Crippen LogP contribution in [0.15, 0.2) is 24.3 Å². The molecule has 4 nitrogen and oxygen atoms in total. The molecule has 70 valence electrons. The van der Waals surface area contributed by atoms with Crippen LogP contribution >= 0.6 is 0 Å². The molecule has 1 aromatic carbocycles. The number of carbonyl (C=O) groups is 1. The average molecular weight is 179 g/mol. The lowest BCUT2D eigenvalue weighted by molar-refractivity contribution is 0.100. The Hall–Kier alpha value is -1.55. The maximum absolute atomic E-state index is 11.0. The molecule has 0 atom stereocenters. The van der Waals surface area contributed by atoms with E-state index in [0.717, 1.165) is 5.69 Å². The number of carbonyl (C=O) groups excluding carboxylic acids is 1. The highest BCUT2D eigenvalue weighted by Crippen LogP contribution is 2.17. The van der Waals surface area contributed by atoms with Crippen LogP contribution in [0.4, 0.5) is 5.69 Å². The molecule has 13 heavy (non-hydrogen) atoms. The van der Waals surface area contributed by atoms with E-state index in [1.54, 1.807) is 17.0 Å². The van der Waals surface area contributed by atoms with Crippen molar-refractivity contribution in [1.29, 1.82) is 0 Å². The van der Waals surface area contributed by atoms with Crippen LogP contribution in [0.3, 0.4) is 0 Å². The van der Waals surface area contributed by atoms with Crippen LogP contribution in [0.1, 0.15) is 10.4 Å². The summed E-state index contributed by atoms with van der Waals surface area (Å²) in [5.41, 5.74) is 11.9. The van der Waals surface area contributed by atoms with Gasteiger partial charge >= 0.3 is 0 Å². The van der Waals surface area contributed by atoms with Crippen LogP contribution in [0.25, 0.3) is 0 Å². The van der Waals surface area contributed by atoms with Crippen molar-refractivity contribution in [1.82, 2.24) is 0 Å². The lowest BCUT2D eigenvalue weighted by atomic mass is 10.1. The van der Waals surface area contributed by atoms with Crippen molar-refractivity contribution in [2.45, 2.75) is 0 Å². The first-order valence-electron chi connectivity index (χ1n) is 3.97.